The third-order valence-corrected chi connectivity index (χ3v) is 3.69. The van der Waals surface area contributed by atoms with Crippen molar-refractivity contribution in [3.8, 4) is 0 Å². The molecule has 1 saturated carbocycles. The SMILES string of the molecule is C[C@@H]1[C@H]2C[C@H]([C@H]2C(=O)O)N1C(=O)OC(C)(C)C. The van der Waals surface area contributed by atoms with Gasteiger partial charge in [-0.2, -0.15) is 0 Å². The molecule has 1 amide bonds. The van der Waals surface area contributed by atoms with Gasteiger partial charge in [-0.1, -0.05) is 0 Å². The molecule has 3 aliphatic rings. The first-order valence-corrected chi connectivity index (χ1v) is 5.96. The fourth-order valence-corrected chi connectivity index (χ4v) is 2.92. The van der Waals surface area contributed by atoms with Crippen molar-refractivity contribution < 1.29 is 19.4 Å². The number of carboxylic acid groups (broad SMARTS) is 1. The van der Waals surface area contributed by atoms with Gasteiger partial charge < -0.3 is 14.7 Å². The number of aliphatic carboxylic acids is 1. The second kappa shape index (κ2) is 3.62. The Morgan fingerprint density at radius 2 is 1.94 bits per heavy atom. The number of rotatable bonds is 1. The van der Waals surface area contributed by atoms with E-state index >= 15 is 0 Å². The number of ether oxygens (including phenoxy) is 1. The van der Waals surface area contributed by atoms with Crippen LogP contribution in [0.2, 0.25) is 0 Å². The lowest BCUT2D eigenvalue weighted by Gasteiger charge is -2.33. The summed E-state index contributed by atoms with van der Waals surface area (Å²) in [5, 5.41) is 9.09. The van der Waals surface area contributed by atoms with Gasteiger partial charge in [-0.3, -0.25) is 4.79 Å². The largest absolute Gasteiger partial charge is 0.481 e. The van der Waals surface area contributed by atoms with Crippen LogP contribution in [-0.2, 0) is 9.53 Å². The van der Waals surface area contributed by atoms with Crippen LogP contribution in [0.3, 0.4) is 0 Å². The van der Waals surface area contributed by atoms with Crippen LogP contribution < -0.4 is 0 Å². The molecule has 96 valence electrons. The van der Waals surface area contributed by atoms with E-state index in [0.717, 1.165) is 6.42 Å². The minimum absolute atomic E-state index is 0.0315. The smallest absolute Gasteiger partial charge is 0.410 e. The Kier molecular flexibility index (Phi) is 2.60. The number of fused-ring (bicyclic) bond motifs is 1. The lowest BCUT2D eigenvalue weighted by atomic mass is 9.72. The van der Waals surface area contributed by atoms with Crippen molar-refractivity contribution in [3.05, 3.63) is 0 Å². The molecule has 5 nitrogen and oxygen atoms in total. The highest BCUT2D eigenvalue weighted by Crippen LogP contribution is 2.51. The molecule has 0 unspecified atom stereocenters. The first-order chi connectivity index (χ1) is 7.72. The topological polar surface area (TPSA) is 66.8 Å². The molecule has 5 heteroatoms. The summed E-state index contributed by atoms with van der Waals surface area (Å²) in [5.41, 5.74) is -0.539. The van der Waals surface area contributed by atoms with E-state index in [1.165, 1.54) is 0 Å². The van der Waals surface area contributed by atoms with Crippen molar-refractivity contribution in [2.45, 2.75) is 51.8 Å². The summed E-state index contributed by atoms with van der Waals surface area (Å²) in [5.74, 6) is -1.12. The Hall–Kier alpha value is -1.26. The predicted molar refractivity (Wildman–Crippen MR) is 60.6 cm³/mol. The Labute approximate surface area is 101 Å². The molecular weight excluding hydrogens is 222 g/mol. The summed E-state index contributed by atoms with van der Waals surface area (Å²) in [6.07, 6.45) is 0.401. The number of hydrogen-bond donors (Lipinski definition) is 1. The summed E-state index contributed by atoms with van der Waals surface area (Å²) in [7, 11) is 0. The average molecular weight is 241 g/mol. The molecule has 1 N–H and O–H groups in total. The molecule has 3 fully saturated rings. The molecule has 4 atom stereocenters. The third-order valence-electron chi connectivity index (χ3n) is 3.69. The summed E-state index contributed by atoms with van der Waals surface area (Å²) < 4.78 is 5.31. The molecule has 2 aliphatic heterocycles. The van der Waals surface area contributed by atoms with Crippen LogP contribution in [0.15, 0.2) is 0 Å². The van der Waals surface area contributed by atoms with E-state index in [2.05, 4.69) is 0 Å². The minimum atomic E-state index is -0.802. The molecule has 0 aromatic heterocycles. The molecule has 3 rings (SSSR count). The first-order valence-electron chi connectivity index (χ1n) is 5.96. The highest BCUT2D eigenvalue weighted by atomic mass is 16.6. The Bertz CT molecular complexity index is 360. The second-order valence-corrected chi connectivity index (χ2v) is 5.96. The second-order valence-electron chi connectivity index (χ2n) is 5.96. The Morgan fingerprint density at radius 1 is 1.35 bits per heavy atom. The monoisotopic (exact) mass is 241 g/mol. The fourth-order valence-electron chi connectivity index (χ4n) is 2.92. The summed E-state index contributed by atoms with van der Waals surface area (Å²) in [4.78, 5) is 24.7. The van der Waals surface area contributed by atoms with Crippen LogP contribution in [0, 0.1) is 11.8 Å². The standard InChI is InChI=1S/C12H19NO4/c1-6-7-5-8(9(7)10(14)15)13(6)11(16)17-12(2,3)4/h6-9H,5H2,1-4H3,(H,14,15)/t6-,7-,8-,9+/m1/s1. The molecule has 1 aliphatic carbocycles. The van der Waals surface area contributed by atoms with Crippen LogP contribution in [0.5, 0.6) is 0 Å². The van der Waals surface area contributed by atoms with Gasteiger partial charge in [0, 0.05) is 12.1 Å². The van der Waals surface area contributed by atoms with Gasteiger partial charge in [0.1, 0.15) is 5.60 Å². The molecule has 2 heterocycles. The van der Waals surface area contributed by atoms with Gasteiger partial charge in [-0.15, -0.1) is 0 Å². The molecule has 0 spiro atoms. The van der Waals surface area contributed by atoms with Gasteiger partial charge in [0.15, 0.2) is 0 Å². The molecule has 17 heavy (non-hydrogen) atoms. The van der Waals surface area contributed by atoms with Crippen LogP contribution in [0.1, 0.15) is 34.1 Å². The zero-order valence-electron chi connectivity index (χ0n) is 10.6. The number of hydrogen-bond acceptors (Lipinski definition) is 3. The zero-order chi connectivity index (χ0) is 13.0. The number of nitrogens with zero attached hydrogens (tertiary/aromatic N) is 1. The van der Waals surface area contributed by atoms with Crippen LogP contribution in [-0.4, -0.2) is 39.8 Å². The van der Waals surface area contributed by atoms with E-state index in [-0.39, 0.29) is 24.1 Å². The van der Waals surface area contributed by atoms with Crippen molar-refractivity contribution >= 4 is 12.1 Å². The Balaban J connectivity index is 2.09. The maximum Gasteiger partial charge on any atom is 0.410 e. The molecule has 0 aromatic carbocycles. The van der Waals surface area contributed by atoms with Crippen molar-refractivity contribution in [2.75, 3.05) is 0 Å². The van der Waals surface area contributed by atoms with E-state index in [1.54, 1.807) is 4.90 Å². The molecule has 0 radical (unpaired) electrons. The van der Waals surface area contributed by atoms with Gasteiger partial charge >= 0.3 is 12.1 Å². The van der Waals surface area contributed by atoms with Crippen LogP contribution in [0.4, 0.5) is 4.79 Å². The molecule has 2 bridgehead atoms. The maximum atomic E-state index is 12.0. The zero-order valence-corrected chi connectivity index (χ0v) is 10.6. The summed E-state index contributed by atoms with van der Waals surface area (Å²) >= 11 is 0. The highest BCUT2D eigenvalue weighted by molar-refractivity contribution is 5.78. The fraction of sp³-hybridized carbons (Fsp3) is 0.833. The number of carboxylic acids is 1. The van der Waals surface area contributed by atoms with Crippen molar-refractivity contribution in [1.82, 2.24) is 4.90 Å². The van der Waals surface area contributed by atoms with E-state index in [1.807, 2.05) is 27.7 Å². The average Bonchev–Trinajstić information content (AvgIpc) is 2.49. The first kappa shape index (κ1) is 12.2. The highest BCUT2D eigenvalue weighted by Gasteiger charge is 2.61. The molecular formula is C12H19NO4. The molecule has 2 saturated heterocycles. The number of carbonyl (C=O) groups is 2. The lowest BCUT2D eigenvalue weighted by Crippen LogP contribution is -2.46. The predicted octanol–water partition coefficient (Wildman–Crippen LogP) is 1.71. The quantitative estimate of drug-likeness (QED) is 0.759. The van der Waals surface area contributed by atoms with Crippen molar-refractivity contribution in [2.24, 2.45) is 11.8 Å². The number of amides is 1. The van der Waals surface area contributed by atoms with Crippen molar-refractivity contribution in [3.63, 3.8) is 0 Å². The van der Waals surface area contributed by atoms with Crippen LogP contribution >= 0.6 is 0 Å². The van der Waals surface area contributed by atoms with Gasteiger partial charge in [-0.05, 0) is 40.0 Å². The Morgan fingerprint density at radius 3 is 2.35 bits per heavy atom. The normalized spacial score (nSPS) is 35.4. The molecule has 0 aromatic rings. The maximum absolute atomic E-state index is 12.0. The van der Waals surface area contributed by atoms with E-state index in [9.17, 15) is 9.59 Å². The summed E-state index contributed by atoms with van der Waals surface area (Å²) in [6.45, 7) is 7.33. The van der Waals surface area contributed by atoms with Gasteiger partial charge in [0.25, 0.3) is 0 Å². The van der Waals surface area contributed by atoms with Gasteiger partial charge in [0.05, 0.1) is 5.92 Å². The van der Waals surface area contributed by atoms with E-state index in [0.29, 0.717) is 0 Å². The van der Waals surface area contributed by atoms with E-state index in [4.69, 9.17) is 9.84 Å². The van der Waals surface area contributed by atoms with Crippen molar-refractivity contribution in [1.29, 1.82) is 0 Å². The minimum Gasteiger partial charge on any atom is -0.481 e. The van der Waals surface area contributed by atoms with Gasteiger partial charge in [-0.25, -0.2) is 4.79 Å². The van der Waals surface area contributed by atoms with Gasteiger partial charge in [0.2, 0.25) is 0 Å². The summed E-state index contributed by atoms with van der Waals surface area (Å²) in [6, 6.07) is -0.210. The third kappa shape index (κ3) is 1.87. The van der Waals surface area contributed by atoms with Crippen LogP contribution in [0.25, 0.3) is 0 Å². The lowest BCUT2D eigenvalue weighted by molar-refractivity contribution is -0.147. The van der Waals surface area contributed by atoms with E-state index < -0.39 is 17.5 Å². The number of carbonyl (C=O) groups excluding carboxylic acids is 1.